The molecule has 0 saturated heterocycles. The molecule has 2 aromatic rings. The number of amides is 1. The van der Waals surface area contributed by atoms with Crippen LogP contribution in [0.3, 0.4) is 0 Å². The third-order valence-electron chi connectivity index (χ3n) is 3.45. The van der Waals surface area contributed by atoms with Crippen LogP contribution in [0, 0.1) is 0 Å². The summed E-state index contributed by atoms with van der Waals surface area (Å²) in [6.45, 7) is 0.663. The van der Waals surface area contributed by atoms with Gasteiger partial charge in [-0.15, -0.1) is 34.3 Å². The van der Waals surface area contributed by atoms with Gasteiger partial charge in [-0.25, -0.2) is 0 Å². The lowest BCUT2D eigenvalue weighted by Crippen LogP contribution is -2.45. The van der Waals surface area contributed by atoms with E-state index in [0.29, 0.717) is 18.5 Å². The number of nitrogens with zero attached hydrogens (tertiary/aromatic N) is 1. The summed E-state index contributed by atoms with van der Waals surface area (Å²) in [6.07, 6.45) is 3.49. The molecule has 0 bridgehead atoms. The predicted octanol–water partition coefficient (Wildman–Crippen LogP) is 4.20. The normalized spacial score (nSPS) is 15.8. The second-order valence-corrected chi connectivity index (χ2v) is 6.94. The maximum Gasteiger partial charge on any atom is 0.264 e. The Morgan fingerprint density at radius 1 is 1.44 bits per heavy atom. The van der Waals surface area contributed by atoms with Crippen LogP contribution in [0.1, 0.15) is 28.9 Å². The molecule has 0 aromatic carbocycles. The van der Waals surface area contributed by atoms with E-state index in [-0.39, 0.29) is 5.91 Å². The summed E-state index contributed by atoms with van der Waals surface area (Å²) in [6, 6.07) is 4.51. The molecule has 1 saturated carbocycles. The van der Waals surface area contributed by atoms with Gasteiger partial charge in [0.05, 0.1) is 4.88 Å². The Morgan fingerprint density at radius 2 is 2.28 bits per heavy atom. The Hall–Kier alpha value is -0.580. The molecule has 96 valence electrons. The zero-order valence-electron chi connectivity index (χ0n) is 9.89. The van der Waals surface area contributed by atoms with Crippen molar-refractivity contribution in [2.45, 2.75) is 25.3 Å². The molecular weight excluding hydrogens is 286 g/mol. The first-order valence-electron chi connectivity index (χ1n) is 6.13. The molecule has 0 N–H and O–H groups in total. The van der Waals surface area contributed by atoms with E-state index in [9.17, 15) is 4.79 Å². The summed E-state index contributed by atoms with van der Waals surface area (Å²) in [5, 5.41) is 2.07. The summed E-state index contributed by atoms with van der Waals surface area (Å²) in [5.41, 5.74) is 0. The highest BCUT2D eigenvalue weighted by Crippen LogP contribution is 2.33. The number of fused-ring (bicyclic) bond motifs is 1. The van der Waals surface area contributed by atoms with Crippen LogP contribution in [0.15, 0.2) is 17.5 Å². The first-order valence-corrected chi connectivity index (χ1v) is 8.36. The molecular formula is C13H14ClNOS2. The van der Waals surface area contributed by atoms with Crippen molar-refractivity contribution < 1.29 is 4.79 Å². The lowest BCUT2D eigenvalue weighted by molar-refractivity contribution is 0.0603. The highest BCUT2D eigenvalue weighted by atomic mass is 35.5. The highest BCUT2D eigenvalue weighted by Gasteiger charge is 2.29. The molecule has 2 nitrogen and oxygen atoms in total. The van der Waals surface area contributed by atoms with Crippen LogP contribution >= 0.6 is 34.3 Å². The molecule has 0 aliphatic heterocycles. The standard InChI is InChI=1S/C13H14ClNOS2/c14-5-6-15(9-2-1-3-9)13(16)12-8-11-10(18-12)4-7-17-11/h4,7-9H,1-3,5-6H2. The smallest absolute Gasteiger partial charge is 0.264 e. The Labute approximate surface area is 119 Å². The number of hydrogen-bond donors (Lipinski definition) is 0. The topological polar surface area (TPSA) is 20.3 Å². The van der Waals surface area contributed by atoms with E-state index in [4.69, 9.17) is 11.6 Å². The van der Waals surface area contributed by atoms with E-state index < -0.39 is 0 Å². The first kappa shape index (κ1) is 12.5. The van der Waals surface area contributed by atoms with Crippen LogP contribution in [0.5, 0.6) is 0 Å². The molecule has 2 aromatic heterocycles. The average molecular weight is 300 g/mol. The van der Waals surface area contributed by atoms with Crippen molar-refractivity contribution in [2.24, 2.45) is 0 Å². The SMILES string of the molecule is O=C(c1cc2sccc2s1)N(CCCl)C1CCC1. The van der Waals surface area contributed by atoms with Gasteiger partial charge in [0.25, 0.3) is 5.91 Å². The second kappa shape index (κ2) is 5.19. The van der Waals surface area contributed by atoms with E-state index in [1.54, 1.807) is 22.7 Å². The van der Waals surface area contributed by atoms with E-state index >= 15 is 0 Å². The van der Waals surface area contributed by atoms with Gasteiger partial charge in [0.2, 0.25) is 0 Å². The maximum atomic E-state index is 12.5. The number of thiophene rings is 2. The van der Waals surface area contributed by atoms with Crippen LogP contribution in [0.4, 0.5) is 0 Å². The number of rotatable bonds is 4. The first-order chi connectivity index (χ1) is 8.79. The molecule has 0 spiro atoms. The van der Waals surface area contributed by atoms with Gasteiger partial charge in [-0.05, 0) is 36.8 Å². The van der Waals surface area contributed by atoms with Gasteiger partial charge in [0.15, 0.2) is 0 Å². The Balaban J connectivity index is 1.84. The molecule has 1 amide bonds. The fraction of sp³-hybridized carbons (Fsp3) is 0.462. The number of halogens is 1. The summed E-state index contributed by atoms with van der Waals surface area (Å²) in [7, 11) is 0. The minimum Gasteiger partial charge on any atom is -0.334 e. The van der Waals surface area contributed by atoms with Crippen molar-refractivity contribution in [2.75, 3.05) is 12.4 Å². The maximum absolute atomic E-state index is 12.5. The minimum absolute atomic E-state index is 0.161. The summed E-state index contributed by atoms with van der Waals surface area (Å²) < 4.78 is 2.42. The van der Waals surface area contributed by atoms with E-state index in [1.165, 1.54) is 15.8 Å². The molecule has 0 radical (unpaired) electrons. The number of carbonyl (C=O) groups excluding carboxylic acids is 1. The quantitative estimate of drug-likeness (QED) is 0.775. The molecule has 1 aliphatic carbocycles. The van der Waals surface area contributed by atoms with Crippen LogP contribution in [0.2, 0.25) is 0 Å². The van der Waals surface area contributed by atoms with Gasteiger partial charge in [0, 0.05) is 27.9 Å². The predicted molar refractivity (Wildman–Crippen MR) is 79.1 cm³/mol. The number of carbonyl (C=O) groups is 1. The van der Waals surface area contributed by atoms with Crippen LogP contribution in [-0.4, -0.2) is 29.3 Å². The Morgan fingerprint density at radius 3 is 2.89 bits per heavy atom. The summed E-state index contributed by atoms with van der Waals surface area (Å²) in [4.78, 5) is 15.3. The number of alkyl halides is 1. The monoisotopic (exact) mass is 299 g/mol. The van der Waals surface area contributed by atoms with Gasteiger partial charge < -0.3 is 4.90 Å². The molecule has 0 unspecified atom stereocenters. The van der Waals surface area contributed by atoms with E-state index in [2.05, 4.69) is 11.4 Å². The van der Waals surface area contributed by atoms with Gasteiger partial charge in [-0.1, -0.05) is 0 Å². The van der Waals surface area contributed by atoms with Crippen LogP contribution in [-0.2, 0) is 0 Å². The lowest BCUT2D eigenvalue weighted by Gasteiger charge is -2.37. The largest absolute Gasteiger partial charge is 0.334 e. The van der Waals surface area contributed by atoms with Crippen LogP contribution < -0.4 is 0 Å². The molecule has 1 aliphatic rings. The third kappa shape index (κ3) is 2.17. The van der Waals surface area contributed by atoms with Gasteiger partial charge in [-0.3, -0.25) is 4.79 Å². The third-order valence-corrected chi connectivity index (χ3v) is 5.70. The minimum atomic E-state index is 0.161. The van der Waals surface area contributed by atoms with Crippen molar-refractivity contribution in [1.29, 1.82) is 0 Å². The van der Waals surface area contributed by atoms with E-state index in [1.807, 2.05) is 11.0 Å². The van der Waals surface area contributed by atoms with Crippen molar-refractivity contribution in [3.63, 3.8) is 0 Å². The zero-order valence-corrected chi connectivity index (χ0v) is 12.3. The average Bonchev–Trinajstić information content (AvgIpc) is 2.84. The molecule has 3 rings (SSSR count). The van der Waals surface area contributed by atoms with Gasteiger partial charge in [-0.2, -0.15) is 0 Å². The molecule has 1 fully saturated rings. The molecule has 0 atom stereocenters. The van der Waals surface area contributed by atoms with E-state index in [0.717, 1.165) is 17.7 Å². The summed E-state index contributed by atoms with van der Waals surface area (Å²) in [5.74, 6) is 0.677. The van der Waals surface area contributed by atoms with Crippen LogP contribution in [0.25, 0.3) is 9.40 Å². The van der Waals surface area contributed by atoms with Gasteiger partial charge >= 0.3 is 0 Å². The summed E-state index contributed by atoms with van der Waals surface area (Å²) >= 11 is 9.11. The lowest BCUT2D eigenvalue weighted by atomic mass is 9.91. The van der Waals surface area contributed by atoms with Crippen molar-refractivity contribution in [3.05, 3.63) is 22.4 Å². The van der Waals surface area contributed by atoms with Crippen molar-refractivity contribution >= 4 is 49.6 Å². The Kier molecular flexibility index (Phi) is 3.59. The van der Waals surface area contributed by atoms with Crippen molar-refractivity contribution in [3.8, 4) is 0 Å². The molecule has 2 heterocycles. The van der Waals surface area contributed by atoms with Gasteiger partial charge in [0.1, 0.15) is 0 Å². The molecule has 18 heavy (non-hydrogen) atoms. The highest BCUT2D eigenvalue weighted by molar-refractivity contribution is 7.27. The Bertz CT molecular complexity index is 530. The number of hydrogen-bond acceptors (Lipinski definition) is 3. The fourth-order valence-electron chi connectivity index (χ4n) is 2.25. The van der Waals surface area contributed by atoms with Crippen molar-refractivity contribution in [1.82, 2.24) is 4.90 Å². The zero-order chi connectivity index (χ0) is 12.5. The fourth-order valence-corrected chi connectivity index (χ4v) is 4.50. The second-order valence-electron chi connectivity index (χ2n) is 4.53. The molecule has 5 heteroatoms.